The minimum absolute atomic E-state index is 0.839. The third-order valence-electron chi connectivity index (χ3n) is 1.74. The van der Waals surface area contributed by atoms with E-state index in [0.717, 1.165) is 18.1 Å². The standard InChI is InChI=1S/C11H16N2.C2H4/c1-4-12-10(3)13-11-7-5-9(2)6-8-11;1-2/h5-8,12-13H,3-4H2,1-2H3;1-2H2. The van der Waals surface area contributed by atoms with Crippen LogP contribution in [0.5, 0.6) is 0 Å². The van der Waals surface area contributed by atoms with Crippen LogP contribution < -0.4 is 10.6 Å². The van der Waals surface area contributed by atoms with Gasteiger partial charge in [-0.3, -0.25) is 0 Å². The van der Waals surface area contributed by atoms with Crippen LogP contribution in [0.25, 0.3) is 0 Å². The van der Waals surface area contributed by atoms with Crippen molar-refractivity contribution in [1.82, 2.24) is 5.32 Å². The molecule has 0 bridgehead atoms. The Morgan fingerprint density at radius 2 is 1.73 bits per heavy atom. The number of hydrogen-bond acceptors (Lipinski definition) is 2. The molecule has 82 valence electrons. The van der Waals surface area contributed by atoms with Crippen LogP contribution in [0.1, 0.15) is 12.5 Å². The smallest absolute Gasteiger partial charge is 0.0957 e. The molecule has 15 heavy (non-hydrogen) atoms. The Hall–Kier alpha value is -1.70. The van der Waals surface area contributed by atoms with E-state index in [1.165, 1.54) is 5.56 Å². The maximum atomic E-state index is 3.84. The molecule has 0 atom stereocenters. The molecule has 0 amide bonds. The van der Waals surface area contributed by atoms with E-state index < -0.39 is 0 Å². The Balaban J connectivity index is 0.000000921. The van der Waals surface area contributed by atoms with Crippen LogP contribution in [0.4, 0.5) is 5.69 Å². The van der Waals surface area contributed by atoms with Gasteiger partial charge in [0.1, 0.15) is 0 Å². The van der Waals surface area contributed by atoms with E-state index in [1.54, 1.807) is 0 Å². The SMILES string of the molecule is C=C.C=C(NCC)Nc1ccc(C)cc1. The number of anilines is 1. The highest BCUT2D eigenvalue weighted by Gasteiger charge is 1.92. The van der Waals surface area contributed by atoms with Crippen molar-refractivity contribution in [3.05, 3.63) is 55.4 Å². The second-order valence-corrected chi connectivity index (χ2v) is 3.00. The predicted molar refractivity (Wildman–Crippen MR) is 68.9 cm³/mol. The molecule has 0 aromatic heterocycles. The van der Waals surface area contributed by atoms with Crippen LogP contribution >= 0.6 is 0 Å². The molecular weight excluding hydrogens is 184 g/mol. The first-order chi connectivity index (χ1) is 7.22. The van der Waals surface area contributed by atoms with Gasteiger partial charge in [0.25, 0.3) is 0 Å². The van der Waals surface area contributed by atoms with Crippen molar-refractivity contribution in [2.75, 3.05) is 11.9 Å². The van der Waals surface area contributed by atoms with E-state index in [1.807, 2.05) is 19.1 Å². The van der Waals surface area contributed by atoms with Crippen LogP contribution in [0.15, 0.2) is 49.8 Å². The van der Waals surface area contributed by atoms with E-state index in [2.05, 4.69) is 49.4 Å². The maximum Gasteiger partial charge on any atom is 0.0957 e. The van der Waals surface area contributed by atoms with E-state index in [0.29, 0.717) is 0 Å². The van der Waals surface area contributed by atoms with Crippen molar-refractivity contribution in [3.63, 3.8) is 0 Å². The fourth-order valence-electron chi connectivity index (χ4n) is 1.07. The summed E-state index contributed by atoms with van der Waals surface area (Å²) in [6, 6.07) is 8.22. The Morgan fingerprint density at radius 1 is 1.20 bits per heavy atom. The zero-order chi connectivity index (χ0) is 11.7. The highest BCUT2D eigenvalue weighted by Crippen LogP contribution is 2.09. The fraction of sp³-hybridized carbons (Fsp3) is 0.231. The fourth-order valence-corrected chi connectivity index (χ4v) is 1.07. The van der Waals surface area contributed by atoms with Crippen molar-refractivity contribution < 1.29 is 0 Å². The first kappa shape index (κ1) is 13.3. The highest BCUT2D eigenvalue weighted by atomic mass is 15.1. The summed E-state index contributed by atoms with van der Waals surface area (Å²) in [5.74, 6) is 0.839. The molecule has 2 heteroatoms. The molecule has 2 nitrogen and oxygen atoms in total. The third kappa shape index (κ3) is 5.57. The van der Waals surface area contributed by atoms with Crippen molar-refractivity contribution >= 4 is 5.69 Å². The molecule has 0 aliphatic carbocycles. The molecule has 2 N–H and O–H groups in total. The van der Waals surface area contributed by atoms with Crippen LogP contribution in [-0.2, 0) is 0 Å². The Kier molecular flexibility index (Phi) is 6.81. The molecule has 0 unspecified atom stereocenters. The Bertz CT molecular complexity index is 288. The molecule has 0 aliphatic rings. The lowest BCUT2D eigenvalue weighted by Crippen LogP contribution is -2.17. The molecule has 0 saturated heterocycles. The van der Waals surface area contributed by atoms with E-state index >= 15 is 0 Å². The minimum atomic E-state index is 0.839. The van der Waals surface area contributed by atoms with Gasteiger partial charge in [-0.1, -0.05) is 24.3 Å². The van der Waals surface area contributed by atoms with Crippen molar-refractivity contribution in [1.29, 1.82) is 0 Å². The van der Waals surface area contributed by atoms with E-state index in [4.69, 9.17) is 0 Å². The maximum absolute atomic E-state index is 3.84. The largest absolute Gasteiger partial charge is 0.372 e. The molecule has 0 saturated carbocycles. The van der Waals surface area contributed by atoms with Crippen LogP contribution in [0.2, 0.25) is 0 Å². The van der Waals surface area contributed by atoms with Gasteiger partial charge in [-0.15, -0.1) is 13.2 Å². The molecule has 0 fully saturated rings. The lowest BCUT2D eigenvalue weighted by Gasteiger charge is -2.10. The van der Waals surface area contributed by atoms with Gasteiger partial charge in [-0.25, -0.2) is 0 Å². The number of hydrogen-bond donors (Lipinski definition) is 2. The summed E-state index contributed by atoms with van der Waals surface area (Å²) in [7, 11) is 0. The van der Waals surface area contributed by atoms with Gasteiger partial charge in [0.05, 0.1) is 5.82 Å². The second kappa shape index (κ2) is 7.68. The number of rotatable bonds is 4. The minimum Gasteiger partial charge on any atom is -0.372 e. The third-order valence-corrected chi connectivity index (χ3v) is 1.74. The van der Waals surface area contributed by atoms with Crippen LogP contribution in [0.3, 0.4) is 0 Å². The topological polar surface area (TPSA) is 24.1 Å². The van der Waals surface area contributed by atoms with Gasteiger partial charge in [0, 0.05) is 12.2 Å². The molecule has 0 aliphatic heterocycles. The van der Waals surface area contributed by atoms with Gasteiger partial charge >= 0.3 is 0 Å². The zero-order valence-electron chi connectivity index (χ0n) is 9.64. The first-order valence-corrected chi connectivity index (χ1v) is 4.99. The Labute approximate surface area is 92.7 Å². The summed E-state index contributed by atoms with van der Waals surface area (Å²) in [6.45, 7) is 14.8. The average Bonchev–Trinajstić information content (AvgIpc) is 2.25. The molecule has 0 spiro atoms. The molecule has 0 radical (unpaired) electrons. The van der Waals surface area contributed by atoms with Crippen LogP contribution in [0, 0.1) is 6.92 Å². The van der Waals surface area contributed by atoms with Gasteiger partial charge in [-0.05, 0) is 26.0 Å². The summed E-state index contributed by atoms with van der Waals surface area (Å²) in [5.41, 5.74) is 2.33. The van der Waals surface area contributed by atoms with Gasteiger partial charge in [-0.2, -0.15) is 0 Å². The van der Waals surface area contributed by atoms with E-state index in [9.17, 15) is 0 Å². The lowest BCUT2D eigenvalue weighted by atomic mass is 10.2. The number of aryl methyl sites for hydroxylation is 1. The van der Waals surface area contributed by atoms with Crippen molar-refractivity contribution in [2.24, 2.45) is 0 Å². The van der Waals surface area contributed by atoms with Crippen molar-refractivity contribution in [3.8, 4) is 0 Å². The van der Waals surface area contributed by atoms with Gasteiger partial charge in [0.15, 0.2) is 0 Å². The van der Waals surface area contributed by atoms with Gasteiger partial charge < -0.3 is 10.6 Å². The second-order valence-electron chi connectivity index (χ2n) is 3.00. The van der Waals surface area contributed by atoms with E-state index in [-0.39, 0.29) is 0 Å². The summed E-state index contributed by atoms with van der Waals surface area (Å²) in [6.07, 6.45) is 0. The summed E-state index contributed by atoms with van der Waals surface area (Å²) in [4.78, 5) is 0. The molecule has 1 rings (SSSR count). The predicted octanol–water partition coefficient (Wildman–Crippen LogP) is 3.29. The van der Waals surface area contributed by atoms with Gasteiger partial charge in [0.2, 0.25) is 0 Å². The first-order valence-electron chi connectivity index (χ1n) is 4.99. The molecule has 1 aromatic rings. The monoisotopic (exact) mass is 204 g/mol. The summed E-state index contributed by atoms with van der Waals surface area (Å²) < 4.78 is 0. The lowest BCUT2D eigenvalue weighted by molar-refractivity contribution is 0.864. The number of nitrogens with one attached hydrogen (secondary N) is 2. The summed E-state index contributed by atoms with van der Waals surface area (Å²) in [5, 5.41) is 6.27. The quantitative estimate of drug-likeness (QED) is 0.735. The highest BCUT2D eigenvalue weighted by molar-refractivity contribution is 5.48. The van der Waals surface area contributed by atoms with Crippen LogP contribution in [-0.4, -0.2) is 6.54 Å². The molecular formula is C13H20N2. The van der Waals surface area contributed by atoms with Crippen molar-refractivity contribution in [2.45, 2.75) is 13.8 Å². The zero-order valence-corrected chi connectivity index (χ0v) is 9.64. The molecule has 1 aromatic carbocycles. The normalized spacial score (nSPS) is 8.40. The number of benzene rings is 1. The summed E-state index contributed by atoms with van der Waals surface area (Å²) >= 11 is 0. The average molecular weight is 204 g/mol. The Morgan fingerprint density at radius 3 is 2.20 bits per heavy atom. The molecule has 0 heterocycles.